The molecule has 2 rings (SSSR count). The van der Waals surface area contributed by atoms with Gasteiger partial charge in [0.1, 0.15) is 0 Å². The number of carbonyl (C=O) groups excluding carboxylic acids is 1. The number of carbonyl (C=O) groups is 2. The number of hydrogen-bond acceptors (Lipinski definition) is 4. The Labute approximate surface area is 90.5 Å². The maximum absolute atomic E-state index is 11.2. The molecule has 0 fully saturated rings. The molecule has 0 spiro atoms. The van der Waals surface area contributed by atoms with Crippen molar-refractivity contribution in [1.82, 2.24) is 5.32 Å². The number of fused-ring (bicyclic) bond motifs is 1. The highest BCUT2D eigenvalue weighted by Gasteiger charge is 2.29. The topological polar surface area (TPSA) is 95.9 Å². The summed E-state index contributed by atoms with van der Waals surface area (Å²) < 4.78 is 4.59. The molecule has 1 atom stereocenters. The van der Waals surface area contributed by atoms with Crippen LogP contribution in [0.4, 0.5) is 4.79 Å². The first-order valence-corrected chi connectivity index (χ1v) is 4.56. The Morgan fingerprint density at radius 1 is 1.50 bits per heavy atom. The molecule has 1 amide bonds. The summed E-state index contributed by atoms with van der Waals surface area (Å²) in [6.45, 7) is 0.115. The molecule has 0 bridgehead atoms. The van der Waals surface area contributed by atoms with Crippen LogP contribution in [0.2, 0.25) is 0 Å². The highest BCUT2D eigenvalue weighted by molar-refractivity contribution is 5.93. The van der Waals surface area contributed by atoms with Crippen LogP contribution >= 0.6 is 0 Å². The van der Waals surface area contributed by atoms with E-state index in [-0.39, 0.29) is 6.54 Å². The molecule has 6 nitrogen and oxygen atoms in total. The normalized spacial score (nSPS) is 17.8. The van der Waals surface area contributed by atoms with Crippen molar-refractivity contribution in [3.63, 3.8) is 0 Å². The number of amides is 1. The molecule has 1 heterocycles. The molecule has 84 valence electrons. The average Bonchev–Trinajstić information content (AvgIpc) is 2.52. The second-order valence-electron chi connectivity index (χ2n) is 3.34. The predicted octanol–water partition coefficient (Wildman–Crippen LogP) is 0.615. The zero-order valence-corrected chi connectivity index (χ0v) is 8.14. The van der Waals surface area contributed by atoms with Crippen molar-refractivity contribution >= 4 is 12.1 Å². The third-order valence-corrected chi connectivity index (χ3v) is 2.26. The van der Waals surface area contributed by atoms with Crippen LogP contribution in [0.15, 0.2) is 18.2 Å². The molecule has 0 saturated carbocycles. The molecule has 0 aromatic heterocycles. The van der Waals surface area contributed by atoms with E-state index in [1.54, 1.807) is 12.1 Å². The summed E-state index contributed by atoms with van der Waals surface area (Å²) >= 11 is 0. The van der Waals surface area contributed by atoms with Crippen molar-refractivity contribution in [3.8, 4) is 0 Å². The van der Waals surface area contributed by atoms with E-state index in [2.05, 4.69) is 10.1 Å². The van der Waals surface area contributed by atoms with Gasteiger partial charge in [-0.25, -0.2) is 9.59 Å². The minimum Gasteiger partial charge on any atom is -0.465 e. The van der Waals surface area contributed by atoms with Crippen molar-refractivity contribution < 1.29 is 24.5 Å². The zero-order chi connectivity index (χ0) is 11.7. The van der Waals surface area contributed by atoms with Gasteiger partial charge in [0.05, 0.1) is 5.56 Å². The SMILES string of the molecule is O=C(O)NCc1ccc2c(c1)C(O)OC2=O. The molecule has 0 saturated heterocycles. The van der Waals surface area contributed by atoms with Crippen LogP contribution < -0.4 is 5.32 Å². The highest BCUT2D eigenvalue weighted by Crippen LogP contribution is 2.29. The molecular formula is C10H9NO5. The van der Waals surface area contributed by atoms with E-state index >= 15 is 0 Å². The van der Waals surface area contributed by atoms with Crippen molar-refractivity contribution in [2.45, 2.75) is 12.8 Å². The van der Waals surface area contributed by atoms with Gasteiger partial charge in [-0.2, -0.15) is 0 Å². The van der Waals surface area contributed by atoms with Crippen molar-refractivity contribution in [2.24, 2.45) is 0 Å². The van der Waals surface area contributed by atoms with E-state index in [1.807, 2.05) is 0 Å². The van der Waals surface area contributed by atoms with E-state index in [0.717, 1.165) is 0 Å². The molecular weight excluding hydrogens is 214 g/mol. The molecule has 0 radical (unpaired) electrons. The van der Waals surface area contributed by atoms with Gasteiger partial charge in [0.25, 0.3) is 0 Å². The number of aliphatic hydroxyl groups excluding tert-OH is 1. The minimum absolute atomic E-state index is 0.115. The number of rotatable bonds is 2. The maximum atomic E-state index is 11.2. The molecule has 0 aliphatic carbocycles. The van der Waals surface area contributed by atoms with Gasteiger partial charge < -0.3 is 20.3 Å². The quantitative estimate of drug-likeness (QED) is 0.638. The molecule has 1 unspecified atom stereocenters. The van der Waals surface area contributed by atoms with E-state index in [4.69, 9.17) is 5.11 Å². The number of ether oxygens (including phenoxy) is 1. The van der Waals surface area contributed by atoms with Gasteiger partial charge >= 0.3 is 12.1 Å². The Morgan fingerprint density at radius 2 is 2.25 bits per heavy atom. The number of aliphatic hydroxyl groups is 1. The summed E-state index contributed by atoms with van der Waals surface area (Å²) in [6.07, 6.45) is -2.39. The summed E-state index contributed by atoms with van der Waals surface area (Å²) in [4.78, 5) is 21.4. The zero-order valence-electron chi connectivity index (χ0n) is 8.14. The van der Waals surface area contributed by atoms with Crippen LogP contribution in [-0.4, -0.2) is 22.3 Å². The number of nitrogens with one attached hydrogen (secondary N) is 1. The van der Waals surface area contributed by atoms with Crippen LogP contribution in [0.5, 0.6) is 0 Å². The Hall–Kier alpha value is -2.08. The third kappa shape index (κ3) is 1.82. The van der Waals surface area contributed by atoms with Crippen molar-refractivity contribution in [1.29, 1.82) is 0 Å². The lowest BCUT2D eigenvalue weighted by Crippen LogP contribution is -2.20. The van der Waals surface area contributed by atoms with Crippen LogP contribution in [0.1, 0.15) is 27.8 Å². The maximum Gasteiger partial charge on any atom is 0.404 e. The van der Waals surface area contributed by atoms with E-state index < -0.39 is 18.4 Å². The van der Waals surface area contributed by atoms with Crippen molar-refractivity contribution in [3.05, 3.63) is 34.9 Å². The number of hydrogen-bond donors (Lipinski definition) is 3. The molecule has 1 aromatic carbocycles. The summed E-state index contributed by atoms with van der Waals surface area (Å²) in [5.41, 5.74) is 1.33. The Kier molecular flexibility index (Phi) is 2.49. The van der Waals surface area contributed by atoms with Gasteiger partial charge in [-0.15, -0.1) is 0 Å². The summed E-state index contributed by atoms with van der Waals surface area (Å²) in [5, 5.41) is 20.0. The van der Waals surface area contributed by atoms with Crippen LogP contribution in [0.3, 0.4) is 0 Å². The van der Waals surface area contributed by atoms with Gasteiger partial charge in [-0.3, -0.25) is 0 Å². The molecule has 1 aromatic rings. The van der Waals surface area contributed by atoms with Crippen molar-refractivity contribution in [2.75, 3.05) is 0 Å². The monoisotopic (exact) mass is 223 g/mol. The predicted molar refractivity (Wildman–Crippen MR) is 51.7 cm³/mol. The Bertz CT molecular complexity index is 457. The lowest BCUT2D eigenvalue weighted by Gasteiger charge is -2.04. The second kappa shape index (κ2) is 3.82. The Morgan fingerprint density at radius 3 is 2.94 bits per heavy atom. The summed E-state index contributed by atoms with van der Waals surface area (Å²) in [6, 6.07) is 4.65. The second-order valence-corrected chi connectivity index (χ2v) is 3.34. The first kappa shape index (κ1) is 10.4. The van der Waals surface area contributed by atoms with Crippen LogP contribution in [-0.2, 0) is 11.3 Å². The van der Waals surface area contributed by atoms with E-state index in [0.29, 0.717) is 16.7 Å². The molecule has 3 N–H and O–H groups in total. The van der Waals surface area contributed by atoms with Gasteiger partial charge in [-0.05, 0) is 17.7 Å². The molecule has 1 aliphatic heterocycles. The van der Waals surface area contributed by atoms with Gasteiger partial charge in [0.15, 0.2) is 0 Å². The summed E-state index contributed by atoms with van der Waals surface area (Å²) in [7, 11) is 0. The lowest BCUT2D eigenvalue weighted by molar-refractivity contribution is -0.0548. The standard InChI is InChI=1S/C10H9NO5/c12-8-6-2-1-5(4-11-10(14)15)3-7(6)9(13)16-8/h1-3,9,11,13H,4H2,(H,14,15). The number of esters is 1. The molecule has 1 aliphatic rings. The summed E-state index contributed by atoms with van der Waals surface area (Å²) in [5.74, 6) is -0.569. The lowest BCUT2D eigenvalue weighted by atomic mass is 10.1. The largest absolute Gasteiger partial charge is 0.465 e. The smallest absolute Gasteiger partial charge is 0.404 e. The third-order valence-electron chi connectivity index (χ3n) is 2.26. The van der Waals surface area contributed by atoms with Gasteiger partial charge in [0.2, 0.25) is 6.29 Å². The number of carboxylic acid groups (broad SMARTS) is 1. The van der Waals surface area contributed by atoms with Gasteiger partial charge in [0, 0.05) is 12.1 Å². The van der Waals surface area contributed by atoms with Gasteiger partial charge in [-0.1, -0.05) is 6.07 Å². The first-order chi connectivity index (χ1) is 7.58. The van der Waals surface area contributed by atoms with Crippen LogP contribution in [0.25, 0.3) is 0 Å². The fourth-order valence-electron chi connectivity index (χ4n) is 1.52. The van der Waals surface area contributed by atoms with Crippen LogP contribution in [0, 0.1) is 0 Å². The first-order valence-electron chi connectivity index (χ1n) is 4.56. The average molecular weight is 223 g/mol. The Balaban J connectivity index is 2.23. The fourth-order valence-corrected chi connectivity index (χ4v) is 1.52. The van der Waals surface area contributed by atoms with E-state index in [9.17, 15) is 14.7 Å². The fraction of sp³-hybridized carbons (Fsp3) is 0.200. The minimum atomic E-state index is -1.26. The number of benzene rings is 1. The molecule has 16 heavy (non-hydrogen) atoms. The van der Waals surface area contributed by atoms with E-state index in [1.165, 1.54) is 6.07 Å². The molecule has 6 heteroatoms. The highest BCUT2D eigenvalue weighted by atomic mass is 16.6. The number of cyclic esters (lactones) is 1.